The summed E-state index contributed by atoms with van der Waals surface area (Å²) in [6, 6.07) is 5.95. The van der Waals surface area contributed by atoms with Gasteiger partial charge in [0.2, 0.25) is 10.0 Å². The summed E-state index contributed by atoms with van der Waals surface area (Å²) >= 11 is 0. The van der Waals surface area contributed by atoms with Gasteiger partial charge in [0.15, 0.2) is 0 Å². The van der Waals surface area contributed by atoms with Crippen LogP contribution in [0.25, 0.3) is 0 Å². The van der Waals surface area contributed by atoms with Crippen molar-refractivity contribution >= 4 is 21.7 Å². The Balaban J connectivity index is 2.35. The molecule has 0 fully saturated rings. The Morgan fingerprint density at radius 1 is 1.16 bits per heavy atom. The lowest BCUT2D eigenvalue weighted by atomic mass is 10.2. The van der Waals surface area contributed by atoms with Gasteiger partial charge in [0, 0.05) is 18.7 Å². The highest BCUT2D eigenvalue weighted by Crippen LogP contribution is 2.11. The van der Waals surface area contributed by atoms with Crippen LogP contribution in [0.5, 0.6) is 0 Å². The summed E-state index contributed by atoms with van der Waals surface area (Å²) in [7, 11) is -3.50. The molecule has 0 unspecified atom stereocenters. The maximum Gasteiger partial charge on any atom is 0.303 e. The Morgan fingerprint density at radius 3 is 2.37 bits per heavy atom. The van der Waals surface area contributed by atoms with Gasteiger partial charge in [0.1, 0.15) is 0 Å². The molecule has 0 aliphatic heterocycles. The van der Waals surface area contributed by atoms with Crippen LogP contribution in [0.1, 0.15) is 25.7 Å². The molecule has 0 bridgehead atoms. The van der Waals surface area contributed by atoms with Crippen LogP contribution in [-0.2, 0) is 14.8 Å². The third-order valence-electron chi connectivity index (χ3n) is 2.55. The number of carboxylic acid groups (broad SMARTS) is 1. The molecular weight excluding hydrogens is 268 g/mol. The van der Waals surface area contributed by atoms with Crippen molar-refractivity contribution in [3.63, 3.8) is 0 Å². The van der Waals surface area contributed by atoms with E-state index in [1.165, 1.54) is 24.3 Å². The number of hydrogen-bond donors (Lipinski definition) is 3. The second kappa shape index (κ2) is 7.10. The standard InChI is InChI=1S/C12H18N2O4S/c13-10-5-7-11(8-6-10)19(17,18)14-9-3-1-2-4-12(15)16/h5-8,14H,1-4,9,13H2,(H,15,16). The second-order valence-electron chi connectivity index (χ2n) is 4.17. The molecule has 6 nitrogen and oxygen atoms in total. The van der Waals surface area contributed by atoms with E-state index >= 15 is 0 Å². The molecule has 0 spiro atoms. The number of nitrogen functional groups attached to an aromatic ring is 1. The minimum Gasteiger partial charge on any atom is -0.481 e. The van der Waals surface area contributed by atoms with Crippen LogP contribution in [0, 0.1) is 0 Å². The minimum atomic E-state index is -3.50. The van der Waals surface area contributed by atoms with E-state index in [4.69, 9.17) is 10.8 Å². The molecule has 1 aromatic carbocycles. The van der Waals surface area contributed by atoms with Crippen molar-refractivity contribution in [2.75, 3.05) is 12.3 Å². The maximum absolute atomic E-state index is 11.8. The average molecular weight is 286 g/mol. The number of benzene rings is 1. The molecule has 1 rings (SSSR count). The zero-order valence-electron chi connectivity index (χ0n) is 10.5. The molecule has 0 aliphatic carbocycles. The van der Waals surface area contributed by atoms with E-state index in [1.807, 2.05) is 0 Å². The Hall–Kier alpha value is -1.60. The first-order valence-corrected chi connectivity index (χ1v) is 7.47. The first-order valence-electron chi connectivity index (χ1n) is 5.99. The number of sulfonamides is 1. The summed E-state index contributed by atoms with van der Waals surface area (Å²) < 4.78 is 26.1. The van der Waals surface area contributed by atoms with Crippen molar-refractivity contribution in [2.24, 2.45) is 0 Å². The molecule has 19 heavy (non-hydrogen) atoms. The summed E-state index contributed by atoms with van der Waals surface area (Å²) in [6.45, 7) is 0.298. The fourth-order valence-electron chi connectivity index (χ4n) is 1.51. The quantitative estimate of drug-likeness (QED) is 0.491. The van der Waals surface area contributed by atoms with E-state index in [0.29, 0.717) is 31.5 Å². The Kier molecular flexibility index (Phi) is 5.78. The van der Waals surface area contributed by atoms with E-state index in [-0.39, 0.29) is 11.3 Å². The highest BCUT2D eigenvalue weighted by atomic mass is 32.2. The molecule has 4 N–H and O–H groups in total. The first kappa shape index (κ1) is 15.5. The van der Waals surface area contributed by atoms with Gasteiger partial charge in [-0.25, -0.2) is 13.1 Å². The van der Waals surface area contributed by atoms with Gasteiger partial charge < -0.3 is 10.8 Å². The topological polar surface area (TPSA) is 109 Å². The Bertz CT molecular complexity index is 511. The van der Waals surface area contributed by atoms with Gasteiger partial charge >= 0.3 is 5.97 Å². The molecular formula is C12H18N2O4S. The lowest BCUT2D eigenvalue weighted by molar-refractivity contribution is -0.137. The monoisotopic (exact) mass is 286 g/mol. The summed E-state index contributed by atoms with van der Waals surface area (Å²) in [4.78, 5) is 10.5. The first-order chi connectivity index (χ1) is 8.92. The summed E-state index contributed by atoms with van der Waals surface area (Å²) in [5, 5.41) is 8.45. The van der Waals surface area contributed by atoms with E-state index in [0.717, 1.165) is 0 Å². The maximum atomic E-state index is 11.8. The summed E-state index contributed by atoms with van der Waals surface area (Å²) in [6.07, 6.45) is 1.96. The minimum absolute atomic E-state index is 0.116. The molecule has 0 aliphatic rings. The largest absolute Gasteiger partial charge is 0.481 e. The van der Waals surface area contributed by atoms with Crippen LogP contribution < -0.4 is 10.5 Å². The number of nitrogens with two attached hydrogens (primary N) is 1. The van der Waals surface area contributed by atoms with Crippen LogP contribution in [0.3, 0.4) is 0 Å². The number of carbonyl (C=O) groups is 1. The fraction of sp³-hybridized carbons (Fsp3) is 0.417. The number of aliphatic carboxylic acids is 1. The van der Waals surface area contributed by atoms with E-state index < -0.39 is 16.0 Å². The van der Waals surface area contributed by atoms with Crippen molar-refractivity contribution in [3.05, 3.63) is 24.3 Å². The van der Waals surface area contributed by atoms with Gasteiger partial charge in [-0.1, -0.05) is 6.42 Å². The lowest BCUT2D eigenvalue weighted by Gasteiger charge is -2.06. The van der Waals surface area contributed by atoms with E-state index in [1.54, 1.807) is 0 Å². The van der Waals surface area contributed by atoms with Crippen LogP contribution in [0.4, 0.5) is 5.69 Å². The Labute approximate surface area is 112 Å². The fourth-order valence-corrected chi connectivity index (χ4v) is 2.59. The molecule has 1 aromatic rings. The highest BCUT2D eigenvalue weighted by molar-refractivity contribution is 7.89. The average Bonchev–Trinajstić information content (AvgIpc) is 2.34. The molecule has 0 amide bonds. The Morgan fingerprint density at radius 2 is 1.79 bits per heavy atom. The molecule has 0 heterocycles. The zero-order valence-corrected chi connectivity index (χ0v) is 11.3. The van der Waals surface area contributed by atoms with Gasteiger partial charge in [-0.3, -0.25) is 4.79 Å². The van der Waals surface area contributed by atoms with Gasteiger partial charge in [-0.2, -0.15) is 0 Å². The summed E-state index contributed by atoms with van der Waals surface area (Å²) in [5.41, 5.74) is 5.99. The zero-order chi connectivity index (χ0) is 14.3. The van der Waals surface area contributed by atoms with Crippen molar-refractivity contribution in [3.8, 4) is 0 Å². The van der Waals surface area contributed by atoms with Gasteiger partial charge in [-0.05, 0) is 37.1 Å². The number of rotatable bonds is 8. The smallest absolute Gasteiger partial charge is 0.303 e. The molecule has 0 aromatic heterocycles. The molecule has 0 atom stereocenters. The van der Waals surface area contributed by atoms with Crippen LogP contribution in [0.15, 0.2) is 29.2 Å². The number of carboxylic acids is 1. The molecule has 7 heteroatoms. The van der Waals surface area contributed by atoms with Crippen molar-refractivity contribution < 1.29 is 18.3 Å². The van der Waals surface area contributed by atoms with Crippen molar-refractivity contribution in [1.29, 1.82) is 0 Å². The van der Waals surface area contributed by atoms with Gasteiger partial charge in [0.05, 0.1) is 4.90 Å². The SMILES string of the molecule is Nc1ccc(S(=O)(=O)NCCCCCC(=O)O)cc1. The predicted molar refractivity (Wildman–Crippen MR) is 72.1 cm³/mol. The van der Waals surface area contributed by atoms with E-state index in [2.05, 4.69) is 4.72 Å². The normalized spacial score (nSPS) is 11.4. The van der Waals surface area contributed by atoms with Crippen LogP contribution in [0.2, 0.25) is 0 Å². The third-order valence-corrected chi connectivity index (χ3v) is 4.03. The molecule has 0 saturated heterocycles. The lowest BCUT2D eigenvalue weighted by Crippen LogP contribution is -2.24. The number of hydrogen-bond acceptors (Lipinski definition) is 4. The van der Waals surface area contributed by atoms with Gasteiger partial charge in [0.25, 0.3) is 0 Å². The summed E-state index contributed by atoms with van der Waals surface area (Å²) in [5.74, 6) is -0.831. The molecule has 106 valence electrons. The second-order valence-corrected chi connectivity index (χ2v) is 5.94. The number of unbranched alkanes of at least 4 members (excludes halogenated alkanes) is 2. The van der Waals surface area contributed by atoms with Gasteiger partial charge in [-0.15, -0.1) is 0 Å². The van der Waals surface area contributed by atoms with Crippen LogP contribution in [-0.4, -0.2) is 26.0 Å². The van der Waals surface area contributed by atoms with Crippen molar-refractivity contribution in [2.45, 2.75) is 30.6 Å². The predicted octanol–water partition coefficient (Wildman–Crippen LogP) is 1.19. The highest BCUT2D eigenvalue weighted by Gasteiger charge is 2.12. The number of anilines is 1. The molecule has 0 saturated carbocycles. The van der Waals surface area contributed by atoms with Crippen molar-refractivity contribution in [1.82, 2.24) is 4.72 Å². The van der Waals surface area contributed by atoms with Crippen LogP contribution >= 0.6 is 0 Å². The molecule has 0 radical (unpaired) electrons. The number of nitrogens with one attached hydrogen (secondary N) is 1. The van der Waals surface area contributed by atoms with E-state index in [9.17, 15) is 13.2 Å². The third kappa shape index (κ3) is 5.71.